The maximum atomic E-state index is 5.91. The van der Waals surface area contributed by atoms with Crippen LogP contribution in [0.3, 0.4) is 0 Å². The van der Waals surface area contributed by atoms with Crippen molar-refractivity contribution in [2.45, 2.75) is 32.7 Å². The van der Waals surface area contributed by atoms with E-state index in [1.807, 2.05) is 6.92 Å². The van der Waals surface area contributed by atoms with Gasteiger partial charge in [-0.2, -0.15) is 0 Å². The summed E-state index contributed by atoms with van der Waals surface area (Å²) in [7, 11) is -2.43. The van der Waals surface area contributed by atoms with E-state index in [-0.39, 0.29) is 0 Å². The molecule has 2 unspecified atom stereocenters. The maximum absolute atomic E-state index is 5.91. The first-order valence-electron chi connectivity index (χ1n) is 5.97. The van der Waals surface area contributed by atoms with Gasteiger partial charge >= 0.3 is 8.80 Å². The first kappa shape index (κ1) is 14.8. The molecule has 4 nitrogen and oxygen atoms in total. The Morgan fingerprint density at radius 3 is 3.06 bits per heavy atom. The number of hydrogen-bond donors (Lipinski definition) is 1. The molecule has 0 aliphatic carbocycles. The van der Waals surface area contributed by atoms with E-state index in [0.29, 0.717) is 12.5 Å². The number of rotatable bonds is 5. The lowest BCUT2D eigenvalue weighted by molar-refractivity contribution is 0.00130. The molecule has 0 aromatic heterocycles. The van der Waals surface area contributed by atoms with Gasteiger partial charge in [-0.25, -0.2) is 5.48 Å². The Hall–Kier alpha value is 0.787. The highest BCUT2D eigenvalue weighted by Crippen LogP contribution is 2.20. The van der Waals surface area contributed by atoms with Crippen LogP contribution in [0.15, 0.2) is 0 Å². The van der Waals surface area contributed by atoms with E-state index in [4.69, 9.17) is 13.4 Å². The number of hydrogen-bond acceptors (Lipinski definition) is 4. The third-order valence-electron chi connectivity index (χ3n) is 2.57. The molecule has 1 heterocycles. The van der Waals surface area contributed by atoms with Crippen molar-refractivity contribution < 1.29 is 13.4 Å². The van der Waals surface area contributed by atoms with Crippen LogP contribution in [0.2, 0.25) is 6.04 Å². The van der Waals surface area contributed by atoms with Crippen molar-refractivity contribution in [1.29, 1.82) is 0 Å². The van der Waals surface area contributed by atoms with Gasteiger partial charge in [0.2, 0.25) is 0 Å². The summed E-state index contributed by atoms with van der Waals surface area (Å²) in [6, 6.07) is 0.908. The molecule has 0 spiro atoms. The van der Waals surface area contributed by atoms with Crippen LogP contribution < -0.4 is 5.48 Å². The van der Waals surface area contributed by atoms with E-state index in [9.17, 15) is 0 Å². The van der Waals surface area contributed by atoms with Gasteiger partial charge in [0, 0.05) is 25.8 Å². The number of alkyl halides is 1. The van der Waals surface area contributed by atoms with E-state index < -0.39 is 8.80 Å². The first-order valence-corrected chi connectivity index (χ1v) is 9.43. The van der Waals surface area contributed by atoms with Crippen molar-refractivity contribution >= 4 is 31.4 Å². The maximum Gasteiger partial charge on any atom is 0.517 e. The number of nitrogens with one attached hydrogen (secondary N) is 1. The molecule has 1 fully saturated rings. The predicted molar refractivity (Wildman–Crippen MR) is 74.5 cm³/mol. The van der Waals surface area contributed by atoms with Gasteiger partial charge in [-0.15, -0.1) is 0 Å². The van der Waals surface area contributed by atoms with Gasteiger partial charge in [-0.1, -0.05) is 29.5 Å². The summed E-state index contributed by atoms with van der Waals surface area (Å²) in [5.74, 6) is 0.596. The molecular weight excluding hydrogens is 337 g/mol. The van der Waals surface area contributed by atoms with Crippen molar-refractivity contribution in [3.05, 3.63) is 0 Å². The lowest BCUT2D eigenvalue weighted by Gasteiger charge is -2.32. The van der Waals surface area contributed by atoms with Crippen molar-refractivity contribution in [2.75, 3.05) is 24.2 Å². The molecule has 0 amide bonds. The van der Waals surface area contributed by atoms with Crippen LogP contribution in [0.4, 0.5) is 0 Å². The summed E-state index contributed by atoms with van der Waals surface area (Å²) < 4.78 is 18.5. The van der Waals surface area contributed by atoms with Crippen LogP contribution in [-0.4, -0.2) is 33.0 Å². The lowest BCUT2D eigenvalue weighted by Crippen LogP contribution is -2.51. The lowest BCUT2D eigenvalue weighted by atomic mass is 10.1. The molecule has 0 aromatic carbocycles. The zero-order chi connectivity index (χ0) is 11.9. The fourth-order valence-corrected chi connectivity index (χ4v) is 5.09. The molecule has 1 aliphatic rings. The first-order chi connectivity index (χ1) is 7.72. The summed E-state index contributed by atoms with van der Waals surface area (Å²) in [6.45, 7) is 6.49. The minimum Gasteiger partial charge on any atom is -0.373 e. The topological polar surface area (TPSA) is 39.7 Å². The highest BCUT2D eigenvalue weighted by molar-refractivity contribution is 14.1. The average molecular weight is 359 g/mol. The summed E-state index contributed by atoms with van der Waals surface area (Å²) in [6.07, 6.45) is 2.16. The fourth-order valence-electron chi connectivity index (χ4n) is 1.61. The van der Waals surface area contributed by atoms with Gasteiger partial charge in [0.25, 0.3) is 0 Å². The Labute approximate surface area is 113 Å². The van der Waals surface area contributed by atoms with E-state index in [0.717, 1.165) is 36.5 Å². The van der Waals surface area contributed by atoms with Crippen molar-refractivity contribution in [3.8, 4) is 0 Å². The second kappa shape index (κ2) is 7.99. The second-order valence-electron chi connectivity index (χ2n) is 4.10. The second-order valence-corrected chi connectivity index (χ2v) is 7.83. The SMILES string of the molecule is CCO[Si]1(CCCI)OCCC(C)CNO1. The van der Waals surface area contributed by atoms with Crippen LogP contribution in [0.5, 0.6) is 0 Å². The quantitative estimate of drug-likeness (QED) is 0.465. The molecule has 1 N–H and O–H groups in total. The molecule has 1 aliphatic heterocycles. The standard InChI is InChI=1S/C10H22INO3Si/c1-3-13-16(8-4-6-11)14-7-5-10(2)9-12-15-16/h10,12H,3-9H2,1-2H3. The summed E-state index contributed by atoms with van der Waals surface area (Å²) in [4.78, 5) is 0. The monoisotopic (exact) mass is 359 g/mol. The molecule has 0 saturated carbocycles. The summed E-state index contributed by atoms with van der Waals surface area (Å²) in [5, 5.41) is 0. The van der Waals surface area contributed by atoms with Crippen molar-refractivity contribution in [1.82, 2.24) is 5.48 Å². The minimum absolute atomic E-state index is 0.596. The zero-order valence-electron chi connectivity index (χ0n) is 10.1. The van der Waals surface area contributed by atoms with Gasteiger partial charge in [0.1, 0.15) is 0 Å². The molecule has 0 radical (unpaired) electrons. The average Bonchev–Trinajstić information content (AvgIpc) is 2.24. The summed E-state index contributed by atoms with van der Waals surface area (Å²) in [5.41, 5.74) is 3.03. The van der Waals surface area contributed by atoms with E-state index >= 15 is 0 Å². The smallest absolute Gasteiger partial charge is 0.373 e. The molecular formula is C10H22INO3Si. The van der Waals surface area contributed by atoms with Crippen LogP contribution in [0, 0.1) is 5.92 Å². The Kier molecular flexibility index (Phi) is 7.41. The Morgan fingerprint density at radius 2 is 2.38 bits per heavy atom. The van der Waals surface area contributed by atoms with E-state index in [1.54, 1.807) is 0 Å². The van der Waals surface area contributed by atoms with Gasteiger partial charge in [0.15, 0.2) is 0 Å². The predicted octanol–water partition coefficient (Wildman–Crippen LogP) is 2.36. The summed E-state index contributed by atoms with van der Waals surface area (Å²) >= 11 is 2.37. The van der Waals surface area contributed by atoms with Crippen LogP contribution >= 0.6 is 22.6 Å². The Morgan fingerprint density at radius 1 is 1.56 bits per heavy atom. The van der Waals surface area contributed by atoms with Crippen LogP contribution in [0.1, 0.15) is 26.7 Å². The molecule has 0 bridgehead atoms. The van der Waals surface area contributed by atoms with Crippen molar-refractivity contribution in [3.63, 3.8) is 0 Å². The molecule has 1 rings (SSSR count). The molecule has 6 heteroatoms. The highest BCUT2D eigenvalue weighted by Gasteiger charge is 2.42. The molecule has 16 heavy (non-hydrogen) atoms. The third kappa shape index (κ3) is 4.97. The fraction of sp³-hybridized carbons (Fsp3) is 1.00. The molecule has 0 aromatic rings. The third-order valence-corrected chi connectivity index (χ3v) is 6.13. The number of halogens is 1. The Bertz CT molecular complexity index is 187. The normalized spacial score (nSPS) is 32.1. The van der Waals surface area contributed by atoms with E-state index in [2.05, 4.69) is 35.0 Å². The van der Waals surface area contributed by atoms with Gasteiger partial charge in [-0.3, -0.25) is 4.53 Å². The van der Waals surface area contributed by atoms with Crippen LogP contribution in [0.25, 0.3) is 0 Å². The highest BCUT2D eigenvalue weighted by atomic mass is 127. The molecule has 2 atom stereocenters. The van der Waals surface area contributed by atoms with Gasteiger partial charge < -0.3 is 8.85 Å². The molecule has 96 valence electrons. The van der Waals surface area contributed by atoms with E-state index in [1.165, 1.54) is 0 Å². The Balaban J connectivity index is 2.52. The number of hydroxylamine groups is 1. The minimum atomic E-state index is -2.43. The molecule has 1 saturated heterocycles. The van der Waals surface area contributed by atoms with Gasteiger partial charge in [0.05, 0.1) is 0 Å². The zero-order valence-corrected chi connectivity index (χ0v) is 13.3. The van der Waals surface area contributed by atoms with Crippen molar-refractivity contribution in [2.24, 2.45) is 5.92 Å². The van der Waals surface area contributed by atoms with Crippen LogP contribution in [-0.2, 0) is 13.4 Å². The largest absolute Gasteiger partial charge is 0.517 e. The van der Waals surface area contributed by atoms with Gasteiger partial charge in [-0.05, 0) is 30.1 Å².